The summed E-state index contributed by atoms with van der Waals surface area (Å²) in [7, 11) is -3.19. The second-order valence-corrected chi connectivity index (χ2v) is 41.8. The van der Waals surface area contributed by atoms with Crippen LogP contribution >= 0.6 is 11.1 Å². The molecule has 6 aromatic carbocycles. The monoisotopic (exact) mass is 1480 g/mol. The van der Waals surface area contributed by atoms with E-state index in [2.05, 4.69) is 122 Å². The van der Waals surface area contributed by atoms with Gasteiger partial charge in [-0.15, -0.1) is 0 Å². The number of carbonyl (C=O) groups excluding carboxylic acids is 2. The van der Waals surface area contributed by atoms with Gasteiger partial charge in [0.25, 0.3) is 5.91 Å². The molecule has 15 nitrogen and oxygen atoms in total. The minimum Gasteiger partial charge on any atom is -0.481 e. The third-order valence-corrected chi connectivity index (χ3v) is 29.2. The summed E-state index contributed by atoms with van der Waals surface area (Å²) >= 11 is 6.15. The number of amides is 1. The third-order valence-electron chi connectivity index (χ3n) is 19.4. The van der Waals surface area contributed by atoms with Gasteiger partial charge in [0.1, 0.15) is 5.78 Å². The van der Waals surface area contributed by atoms with E-state index in [1.807, 2.05) is 128 Å². The van der Waals surface area contributed by atoms with E-state index >= 15 is 0 Å². The third kappa shape index (κ3) is 27.3. The normalized spacial score (nSPS) is 12.2. The Labute approximate surface area is 631 Å². The number of hydrogen-bond acceptors (Lipinski definition) is 12. The molecule has 1 saturated heterocycles. The van der Waals surface area contributed by atoms with Crippen LogP contribution in [0.25, 0.3) is 66.1 Å². The second kappa shape index (κ2) is 43.5. The van der Waals surface area contributed by atoms with Crippen molar-refractivity contribution < 1.29 is 49.2 Å². The first-order chi connectivity index (χ1) is 49.9. The van der Waals surface area contributed by atoms with Gasteiger partial charge < -0.3 is 30.6 Å². The number of benzene rings is 6. The lowest BCUT2D eigenvalue weighted by molar-refractivity contribution is -0.151. The van der Waals surface area contributed by atoms with E-state index in [-0.39, 0.29) is 42.8 Å². The number of aliphatic hydroxyl groups is 2. The van der Waals surface area contributed by atoms with E-state index in [1.165, 1.54) is 44.9 Å². The molecule has 9 aromatic rings. The first kappa shape index (κ1) is 87.5. The lowest BCUT2D eigenvalue weighted by Gasteiger charge is -2.36. The number of nitrogens with zero attached hydrogens (tertiary/aromatic N) is 4. The summed E-state index contributed by atoms with van der Waals surface area (Å²) < 4.78 is 6.37. The molecule has 1 amide bonds. The van der Waals surface area contributed by atoms with Crippen LogP contribution in [-0.2, 0) is 62.1 Å². The number of rotatable bonds is 27. The molecular formula is C87H116ClN5O10Si2. The molecule has 0 unspecified atom stereocenters. The van der Waals surface area contributed by atoms with Gasteiger partial charge in [-0.1, -0.05) is 266 Å². The number of para-hydroxylation sites is 3. The summed E-state index contributed by atoms with van der Waals surface area (Å²) in [5.74, 6) is -1.71. The van der Waals surface area contributed by atoms with Crippen LogP contribution in [0.4, 0.5) is 0 Å². The van der Waals surface area contributed by atoms with E-state index in [9.17, 15) is 39.6 Å². The van der Waals surface area contributed by atoms with Crippen molar-refractivity contribution in [3.05, 3.63) is 210 Å². The Morgan fingerprint density at radius 3 is 1.18 bits per heavy atom. The molecule has 3 aromatic heterocycles. The highest BCUT2D eigenvalue weighted by Gasteiger charge is 2.37. The number of carbonyl (C=O) groups is 4. The standard InChI is InChI=1S/C26H31NO2.C25H31NO3Si.C19H17NO3.C6H15ClSi.C6H15N.C5H7NO2/c1-2-3-4-5-9-14-23(29)18-22-19-27-26-21(16-17-28)13-10-15-24(26)25(22)20-11-7-6-8-12-20;1-25(2,3)30(4,5)29-15-14-19-12-9-13-21-23(18-10-7-6-8-11-18)20(16-22(27)28)17-26-24(19)21;21-10-9-14-7-4-8-16-18(13-5-2-1-3-6-13)15(11-17(22)23)12-20-19(14)16;1-6(2,3)8(4,5)7;1-2-3-4-5-6-7;1-4-2-3-5(7)6(4)8/h6-8,10-13,15,19,28H,2-5,9,14,16-18H2,1H3;6-13,17H,14-16H2,1-5H3,(H,27,28);1-8,12,21H,9-11H2,(H,22,23);1-5H3;2-7H2,1H3;8H,1-3H2. The van der Waals surface area contributed by atoms with Gasteiger partial charge in [0.2, 0.25) is 0 Å². The zero-order valence-electron chi connectivity index (χ0n) is 64.4. The van der Waals surface area contributed by atoms with Crippen molar-refractivity contribution in [1.29, 1.82) is 0 Å². The van der Waals surface area contributed by atoms with Crippen LogP contribution in [0.2, 0.25) is 36.3 Å². The molecule has 0 radical (unpaired) electrons. The van der Waals surface area contributed by atoms with Crippen LogP contribution in [0.15, 0.2) is 176 Å². The van der Waals surface area contributed by atoms with Gasteiger partial charge in [-0.25, -0.2) is 0 Å². The average Bonchev–Trinajstić information content (AvgIpc) is 0.927. The molecule has 1 aliphatic rings. The van der Waals surface area contributed by atoms with Gasteiger partial charge in [0, 0.05) is 79.5 Å². The van der Waals surface area contributed by atoms with Crippen LogP contribution in [0.5, 0.6) is 0 Å². The molecule has 7 N–H and O–H groups in total. The van der Waals surface area contributed by atoms with Crippen molar-refractivity contribution in [3.63, 3.8) is 0 Å². The summed E-state index contributed by atoms with van der Waals surface area (Å²) in [6.07, 6.45) is 20.0. The first-order valence-electron chi connectivity index (χ1n) is 37.2. The SMILES string of the molecule is C=C1CCC(=O)N1O.CC(C)(C)[Si](C)(C)Cl.CC(C)(C)[Si](C)(C)OCCc1cccc2c(-c3ccccc3)c(CC(=O)O)cnc12.CCCCCCCC(=O)Cc1cnc2c(CCO)cccc2c1-c1ccccc1.CCCCCCN.O=C(O)Cc1cnc2c(CCO)cccc2c1-c1ccccc1. The summed E-state index contributed by atoms with van der Waals surface area (Å²) in [4.78, 5) is 59.5. The van der Waals surface area contributed by atoms with Gasteiger partial charge in [0.15, 0.2) is 15.7 Å². The number of allylic oxidation sites excluding steroid dienone is 1. The van der Waals surface area contributed by atoms with E-state index in [1.54, 1.807) is 12.4 Å². The maximum Gasteiger partial charge on any atom is 0.307 e. The topological polar surface area (TPSA) is 247 Å². The zero-order chi connectivity index (χ0) is 77.3. The number of ketones is 1. The molecule has 1 aliphatic heterocycles. The first-order valence-corrected chi connectivity index (χ1v) is 44.1. The van der Waals surface area contributed by atoms with Gasteiger partial charge in [-0.2, -0.15) is 16.1 Å². The molecule has 0 atom stereocenters. The zero-order valence-corrected chi connectivity index (χ0v) is 67.1. The second-order valence-electron chi connectivity index (χ2n) is 29.7. The number of halogens is 1. The Morgan fingerprint density at radius 1 is 0.514 bits per heavy atom. The molecule has 0 aliphatic carbocycles. The minimum absolute atomic E-state index is 0.0497. The number of aliphatic hydroxyl groups excluding tert-OH is 2. The quantitative estimate of drug-likeness (QED) is 0.0121. The van der Waals surface area contributed by atoms with Gasteiger partial charge >= 0.3 is 11.9 Å². The number of Topliss-reactive ketones (excluding diaryl/α,β-unsaturated/α-hetero) is 1. The van der Waals surface area contributed by atoms with Crippen LogP contribution in [-0.4, -0.2) is 111 Å². The highest BCUT2D eigenvalue weighted by atomic mass is 35.6. The Bertz CT molecular complexity index is 4180. The average molecular weight is 1480 g/mol. The molecular weight excluding hydrogens is 1370 g/mol. The predicted molar refractivity (Wildman–Crippen MR) is 438 cm³/mol. The molecule has 10 rings (SSSR count). The summed E-state index contributed by atoms with van der Waals surface area (Å²) in [6, 6.07) is 48.0. The van der Waals surface area contributed by atoms with Crippen molar-refractivity contribution >= 4 is 83.1 Å². The van der Waals surface area contributed by atoms with Gasteiger partial charge in [-0.3, -0.25) is 39.3 Å². The Kier molecular flexibility index (Phi) is 36.3. The smallest absolute Gasteiger partial charge is 0.307 e. The fourth-order valence-corrected chi connectivity index (χ4v) is 12.5. The fourth-order valence-electron chi connectivity index (χ4n) is 11.5. The van der Waals surface area contributed by atoms with Crippen LogP contribution in [0.3, 0.4) is 0 Å². The highest BCUT2D eigenvalue weighted by molar-refractivity contribution is 7.20. The Hall–Kier alpha value is -8.11. The molecule has 0 bridgehead atoms. The molecule has 564 valence electrons. The number of carboxylic acids is 2. The number of unbranched alkanes of at least 4 members (excludes halogenated alkanes) is 7. The van der Waals surface area contributed by atoms with Crippen LogP contribution in [0.1, 0.15) is 166 Å². The number of aromatic nitrogens is 3. The number of fused-ring (bicyclic) bond motifs is 3. The lowest BCUT2D eigenvalue weighted by atomic mass is 9.91. The number of carboxylic acid groups (broad SMARTS) is 2. The van der Waals surface area contributed by atoms with E-state index in [0.717, 1.165) is 120 Å². The highest BCUT2D eigenvalue weighted by Crippen LogP contribution is 2.40. The summed E-state index contributed by atoms with van der Waals surface area (Å²) in [5.41, 5.74) is 20.0. The van der Waals surface area contributed by atoms with Crippen molar-refractivity contribution in [2.45, 2.75) is 207 Å². The van der Waals surface area contributed by atoms with Crippen molar-refractivity contribution in [3.8, 4) is 33.4 Å². The van der Waals surface area contributed by atoms with E-state index in [0.29, 0.717) is 66.5 Å². The number of pyridine rings is 3. The van der Waals surface area contributed by atoms with Crippen molar-refractivity contribution in [2.24, 2.45) is 5.73 Å². The largest absolute Gasteiger partial charge is 0.481 e. The van der Waals surface area contributed by atoms with Crippen LogP contribution < -0.4 is 5.73 Å². The number of nitrogens with two attached hydrogens (primary N) is 1. The van der Waals surface area contributed by atoms with E-state index in [4.69, 9.17) is 31.4 Å². The van der Waals surface area contributed by atoms with Gasteiger partial charge in [-0.05, 0) is 135 Å². The summed E-state index contributed by atoms with van der Waals surface area (Å²) in [6.45, 7) is 31.7. The summed E-state index contributed by atoms with van der Waals surface area (Å²) in [5, 5.41) is 49.9. The Balaban J connectivity index is 0.000000246. The number of hydrogen-bond donors (Lipinski definition) is 6. The number of aliphatic carboxylic acids is 2. The maximum absolute atomic E-state index is 12.7. The molecule has 4 heterocycles. The minimum atomic E-state index is -1.80. The lowest BCUT2D eigenvalue weighted by Crippen LogP contribution is -2.41. The van der Waals surface area contributed by atoms with Crippen LogP contribution in [0, 0.1) is 0 Å². The van der Waals surface area contributed by atoms with E-state index < -0.39 is 27.6 Å². The maximum atomic E-state index is 12.7. The molecule has 0 saturated carbocycles. The molecule has 105 heavy (non-hydrogen) atoms. The van der Waals surface area contributed by atoms with Gasteiger partial charge in [0.05, 0.1) is 29.4 Å². The Morgan fingerprint density at radius 2 is 0.876 bits per heavy atom. The van der Waals surface area contributed by atoms with Crippen molar-refractivity contribution in [1.82, 2.24) is 20.0 Å². The molecule has 1 fully saturated rings. The fraction of sp³-hybridized carbons (Fsp3) is 0.414. The predicted octanol–water partition coefficient (Wildman–Crippen LogP) is 20.3. The molecule has 0 spiro atoms. The molecule has 18 heteroatoms. The van der Waals surface area contributed by atoms with Crippen molar-refractivity contribution in [2.75, 3.05) is 26.4 Å². The number of hydroxylamine groups is 2.